The van der Waals surface area contributed by atoms with Gasteiger partial charge in [-0.25, -0.2) is 4.98 Å². The summed E-state index contributed by atoms with van der Waals surface area (Å²) in [5, 5.41) is 4.22. The average molecular weight is 242 g/mol. The predicted octanol–water partition coefficient (Wildman–Crippen LogP) is 3.16. The standard InChI is InChI=1S/C12H22N2OS/c1-4-5-6-7-13-8-9-16-12-14-10(2)11(3)15-12/h13H,4-9H2,1-3H3. The minimum Gasteiger partial charge on any atom is -0.437 e. The minimum atomic E-state index is 0.797. The molecule has 3 nitrogen and oxygen atoms in total. The fraction of sp³-hybridized carbons (Fsp3) is 0.750. The van der Waals surface area contributed by atoms with Crippen molar-refractivity contribution in [3.63, 3.8) is 0 Å². The largest absolute Gasteiger partial charge is 0.437 e. The molecule has 0 saturated carbocycles. The van der Waals surface area contributed by atoms with Gasteiger partial charge in [0.2, 0.25) is 0 Å². The molecule has 0 spiro atoms. The molecule has 1 heterocycles. The van der Waals surface area contributed by atoms with Crippen molar-refractivity contribution in [1.82, 2.24) is 10.3 Å². The van der Waals surface area contributed by atoms with E-state index in [2.05, 4.69) is 17.2 Å². The second kappa shape index (κ2) is 7.74. The predicted molar refractivity (Wildman–Crippen MR) is 69.1 cm³/mol. The zero-order chi connectivity index (χ0) is 11.8. The smallest absolute Gasteiger partial charge is 0.256 e. The van der Waals surface area contributed by atoms with Gasteiger partial charge >= 0.3 is 0 Å². The van der Waals surface area contributed by atoms with Gasteiger partial charge in [-0.3, -0.25) is 0 Å². The van der Waals surface area contributed by atoms with E-state index in [1.807, 2.05) is 13.8 Å². The average Bonchev–Trinajstić information content (AvgIpc) is 2.57. The molecule has 0 bridgehead atoms. The second-order valence-corrected chi connectivity index (χ2v) is 4.97. The Balaban J connectivity index is 2.03. The Morgan fingerprint density at radius 2 is 2.06 bits per heavy atom. The maximum Gasteiger partial charge on any atom is 0.256 e. The molecule has 1 aromatic rings. The molecule has 0 aliphatic heterocycles. The molecule has 1 aromatic heterocycles. The molecule has 1 rings (SSSR count). The van der Waals surface area contributed by atoms with E-state index in [9.17, 15) is 0 Å². The molecule has 0 radical (unpaired) electrons. The topological polar surface area (TPSA) is 38.1 Å². The van der Waals surface area contributed by atoms with E-state index in [1.165, 1.54) is 19.3 Å². The number of nitrogens with zero attached hydrogens (tertiary/aromatic N) is 1. The number of unbranched alkanes of at least 4 members (excludes halogenated alkanes) is 2. The van der Waals surface area contributed by atoms with E-state index >= 15 is 0 Å². The third-order valence-electron chi connectivity index (χ3n) is 2.47. The van der Waals surface area contributed by atoms with Crippen molar-refractivity contribution in [1.29, 1.82) is 0 Å². The van der Waals surface area contributed by atoms with Crippen LogP contribution >= 0.6 is 11.8 Å². The maximum atomic E-state index is 5.48. The number of nitrogens with one attached hydrogen (secondary N) is 1. The molecular weight excluding hydrogens is 220 g/mol. The van der Waals surface area contributed by atoms with Gasteiger partial charge in [0.1, 0.15) is 5.76 Å². The van der Waals surface area contributed by atoms with E-state index in [-0.39, 0.29) is 0 Å². The van der Waals surface area contributed by atoms with Crippen LogP contribution in [-0.2, 0) is 0 Å². The highest BCUT2D eigenvalue weighted by molar-refractivity contribution is 7.99. The normalized spacial score (nSPS) is 10.9. The number of aromatic nitrogens is 1. The monoisotopic (exact) mass is 242 g/mol. The van der Waals surface area contributed by atoms with Crippen LogP contribution in [0.2, 0.25) is 0 Å². The summed E-state index contributed by atoms with van der Waals surface area (Å²) in [4.78, 5) is 4.33. The Hall–Kier alpha value is -0.480. The van der Waals surface area contributed by atoms with Gasteiger partial charge in [-0.15, -0.1) is 0 Å². The van der Waals surface area contributed by atoms with Crippen LogP contribution in [0.25, 0.3) is 0 Å². The van der Waals surface area contributed by atoms with Crippen molar-refractivity contribution in [2.45, 2.75) is 45.3 Å². The molecule has 16 heavy (non-hydrogen) atoms. The molecule has 0 unspecified atom stereocenters. The lowest BCUT2D eigenvalue weighted by Crippen LogP contribution is -2.18. The molecule has 0 fully saturated rings. The minimum absolute atomic E-state index is 0.797. The molecule has 0 aliphatic rings. The lowest BCUT2D eigenvalue weighted by Gasteiger charge is -2.01. The first-order chi connectivity index (χ1) is 7.74. The van der Waals surface area contributed by atoms with E-state index in [0.29, 0.717) is 0 Å². The van der Waals surface area contributed by atoms with Gasteiger partial charge in [-0.05, 0) is 26.8 Å². The van der Waals surface area contributed by atoms with E-state index in [0.717, 1.165) is 35.5 Å². The molecular formula is C12H22N2OS. The van der Waals surface area contributed by atoms with Crippen LogP contribution in [0.4, 0.5) is 0 Å². The van der Waals surface area contributed by atoms with Crippen molar-refractivity contribution in [3.8, 4) is 0 Å². The van der Waals surface area contributed by atoms with Crippen molar-refractivity contribution in [3.05, 3.63) is 11.5 Å². The van der Waals surface area contributed by atoms with Crippen molar-refractivity contribution in [2.75, 3.05) is 18.8 Å². The van der Waals surface area contributed by atoms with E-state index < -0.39 is 0 Å². The first kappa shape index (κ1) is 13.6. The summed E-state index contributed by atoms with van der Waals surface area (Å²) < 4.78 is 5.48. The van der Waals surface area contributed by atoms with Gasteiger partial charge in [0.25, 0.3) is 5.22 Å². The summed E-state index contributed by atoms with van der Waals surface area (Å²) in [6.45, 7) is 8.30. The third-order valence-corrected chi connectivity index (χ3v) is 3.30. The van der Waals surface area contributed by atoms with E-state index in [4.69, 9.17) is 4.42 Å². The fourth-order valence-corrected chi connectivity index (χ4v) is 2.15. The number of thioether (sulfide) groups is 1. The Morgan fingerprint density at radius 1 is 1.25 bits per heavy atom. The van der Waals surface area contributed by atoms with Crippen LogP contribution < -0.4 is 5.32 Å². The van der Waals surface area contributed by atoms with Crippen LogP contribution in [0.3, 0.4) is 0 Å². The highest BCUT2D eigenvalue weighted by atomic mass is 32.2. The lowest BCUT2D eigenvalue weighted by molar-refractivity contribution is 0.431. The molecule has 0 aliphatic carbocycles. The number of hydrogen-bond donors (Lipinski definition) is 1. The van der Waals surface area contributed by atoms with Gasteiger partial charge in [0.15, 0.2) is 0 Å². The number of oxazole rings is 1. The summed E-state index contributed by atoms with van der Waals surface area (Å²) >= 11 is 1.68. The van der Waals surface area contributed by atoms with Crippen LogP contribution in [0.5, 0.6) is 0 Å². The maximum absolute atomic E-state index is 5.48. The summed E-state index contributed by atoms with van der Waals surface area (Å²) in [5.74, 6) is 1.95. The summed E-state index contributed by atoms with van der Waals surface area (Å²) in [7, 11) is 0. The van der Waals surface area contributed by atoms with Crippen LogP contribution in [0.1, 0.15) is 37.6 Å². The first-order valence-corrected chi connectivity index (χ1v) is 7.00. The first-order valence-electron chi connectivity index (χ1n) is 6.01. The molecule has 92 valence electrons. The van der Waals surface area contributed by atoms with Crippen molar-refractivity contribution in [2.24, 2.45) is 0 Å². The molecule has 0 aromatic carbocycles. The molecule has 0 saturated heterocycles. The summed E-state index contributed by atoms with van der Waals surface area (Å²) in [5.41, 5.74) is 0.999. The molecule has 0 atom stereocenters. The Morgan fingerprint density at radius 3 is 2.69 bits per heavy atom. The van der Waals surface area contributed by atoms with Gasteiger partial charge in [0.05, 0.1) is 5.69 Å². The number of hydrogen-bond acceptors (Lipinski definition) is 4. The van der Waals surface area contributed by atoms with Gasteiger partial charge in [-0.1, -0.05) is 31.5 Å². The summed E-state index contributed by atoms with van der Waals surface area (Å²) in [6.07, 6.45) is 3.88. The molecule has 0 amide bonds. The van der Waals surface area contributed by atoms with Crippen LogP contribution in [0, 0.1) is 13.8 Å². The second-order valence-electron chi connectivity index (χ2n) is 3.93. The highest BCUT2D eigenvalue weighted by Gasteiger charge is 2.04. The zero-order valence-electron chi connectivity index (χ0n) is 10.5. The highest BCUT2D eigenvalue weighted by Crippen LogP contribution is 2.19. The van der Waals surface area contributed by atoms with Gasteiger partial charge in [0, 0.05) is 12.3 Å². The molecule has 4 heteroatoms. The zero-order valence-corrected chi connectivity index (χ0v) is 11.3. The number of rotatable bonds is 8. The summed E-state index contributed by atoms with van der Waals surface area (Å²) in [6, 6.07) is 0. The lowest BCUT2D eigenvalue weighted by atomic mass is 10.2. The molecule has 1 N–H and O–H groups in total. The van der Waals surface area contributed by atoms with Gasteiger partial charge in [-0.2, -0.15) is 0 Å². The Bertz CT molecular complexity index is 280. The van der Waals surface area contributed by atoms with Gasteiger partial charge < -0.3 is 9.73 Å². The van der Waals surface area contributed by atoms with Crippen molar-refractivity contribution >= 4 is 11.8 Å². The number of aryl methyl sites for hydroxylation is 2. The fourth-order valence-electron chi connectivity index (χ4n) is 1.34. The SMILES string of the molecule is CCCCCNCCSc1nc(C)c(C)o1. The third kappa shape index (κ3) is 5.03. The van der Waals surface area contributed by atoms with Crippen LogP contribution in [0.15, 0.2) is 9.64 Å². The van der Waals surface area contributed by atoms with E-state index in [1.54, 1.807) is 11.8 Å². The van der Waals surface area contributed by atoms with Crippen LogP contribution in [-0.4, -0.2) is 23.8 Å². The Labute approximate surface area is 102 Å². The van der Waals surface area contributed by atoms with Crippen molar-refractivity contribution < 1.29 is 4.42 Å². The quantitative estimate of drug-likeness (QED) is 0.561. The Kier molecular flexibility index (Phi) is 6.57.